The van der Waals surface area contributed by atoms with Gasteiger partial charge in [0.2, 0.25) is 0 Å². The molecule has 0 saturated carbocycles. The van der Waals surface area contributed by atoms with Crippen LogP contribution in [0.5, 0.6) is 0 Å². The number of hydrogen-bond donors (Lipinski definition) is 1. The molecule has 1 rings (SSSR count). The van der Waals surface area contributed by atoms with Crippen LogP contribution in [0.1, 0.15) is 23.6 Å². The van der Waals surface area contributed by atoms with Crippen LogP contribution < -0.4 is 0 Å². The zero-order chi connectivity index (χ0) is 11.4. The fourth-order valence-corrected chi connectivity index (χ4v) is 2.01. The normalized spacial score (nSPS) is 9.67. The van der Waals surface area contributed by atoms with Gasteiger partial charge in [0.05, 0.1) is 18.1 Å². The monoisotopic (exact) mass is 267 g/mol. The van der Waals surface area contributed by atoms with E-state index in [1.807, 2.05) is 13.0 Å². The molecule has 1 aromatic carbocycles. The molecule has 0 heterocycles. The molecule has 0 aromatic heterocycles. The van der Waals surface area contributed by atoms with Crippen LogP contribution in [-0.2, 0) is 17.6 Å². The van der Waals surface area contributed by atoms with Crippen molar-refractivity contribution < 1.29 is 9.90 Å². The number of halogens is 1. The molecule has 4 heteroatoms. The highest BCUT2D eigenvalue weighted by Gasteiger charge is 2.10. The van der Waals surface area contributed by atoms with E-state index >= 15 is 0 Å². The van der Waals surface area contributed by atoms with Gasteiger partial charge >= 0.3 is 5.97 Å². The predicted octanol–water partition coefficient (Wildman–Crippen LogP) is 2.51. The van der Waals surface area contributed by atoms with Crippen molar-refractivity contribution in [2.24, 2.45) is 0 Å². The number of hydrogen-bond acceptors (Lipinski definition) is 2. The Kier molecular flexibility index (Phi) is 3.87. The maximum atomic E-state index is 10.6. The van der Waals surface area contributed by atoms with Crippen molar-refractivity contribution in [1.29, 1.82) is 5.26 Å². The van der Waals surface area contributed by atoms with Gasteiger partial charge < -0.3 is 5.11 Å². The number of aliphatic carboxylic acids is 1. The Balaban J connectivity index is 3.22. The van der Waals surface area contributed by atoms with Crippen molar-refractivity contribution in [2.45, 2.75) is 19.8 Å². The van der Waals surface area contributed by atoms with E-state index < -0.39 is 5.97 Å². The van der Waals surface area contributed by atoms with Gasteiger partial charge in [-0.05, 0) is 29.7 Å². The molecule has 0 atom stereocenters. The number of rotatable bonds is 3. The molecule has 0 spiro atoms. The average Bonchev–Trinajstić information content (AvgIpc) is 2.17. The summed E-state index contributed by atoms with van der Waals surface area (Å²) >= 11 is 3.36. The first-order chi connectivity index (χ1) is 7.08. The summed E-state index contributed by atoms with van der Waals surface area (Å²) in [6, 6.07) is 5.47. The Morgan fingerprint density at radius 1 is 1.53 bits per heavy atom. The molecule has 1 aromatic rings. The summed E-state index contributed by atoms with van der Waals surface area (Å²) in [7, 11) is 0. The van der Waals surface area contributed by atoms with E-state index in [1.165, 1.54) is 0 Å². The second kappa shape index (κ2) is 4.94. The molecule has 0 amide bonds. The topological polar surface area (TPSA) is 61.1 Å². The second-order valence-corrected chi connectivity index (χ2v) is 3.99. The largest absolute Gasteiger partial charge is 0.481 e. The lowest BCUT2D eigenvalue weighted by atomic mass is 10.0. The van der Waals surface area contributed by atoms with Crippen LogP contribution in [0.3, 0.4) is 0 Å². The highest BCUT2D eigenvalue weighted by molar-refractivity contribution is 9.10. The Labute approximate surface area is 96.5 Å². The van der Waals surface area contributed by atoms with E-state index in [-0.39, 0.29) is 6.42 Å². The first-order valence-corrected chi connectivity index (χ1v) is 5.31. The second-order valence-electron chi connectivity index (χ2n) is 3.14. The summed E-state index contributed by atoms with van der Waals surface area (Å²) in [4.78, 5) is 10.6. The van der Waals surface area contributed by atoms with Gasteiger partial charge in [0.15, 0.2) is 0 Å². The van der Waals surface area contributed by atoms with Gasteiger partial charge in [-0.2, -0.15) is 5.26 Å². The summed E-state index contributed by atoms with van der Waals surface area (Å²) in [6.45, 7) is 1.98. The van der Waals surface area contributed by atoms with Crippen LogP contribution in [0.15, 0.2) is 16.6 Å². The number of aryl methyl sites for hydroxylation is 1. The van der Waals surface area contributed by atoms with Crippen LogP contribution in [0, 0.1) is 11.3 Å². The highest BCUT2D eigenvalue weighted by Crippen LogP contribution is 2.22. The molecule has 0 fully saturated rings. The summed E-state index contributed by atoms with van der Waals surface area (Å²) in [5.41, 5.74) is 2.01. The minimum atomic E-state index is -0.928. The highest BCUT2D eigenvalue weighted by atomic mass is 79.9. The molecule has 15 heavy (non-hydrogen) atoms. The minimum Gasteiger partial charge on any atom is -0.481 e. The zero-order valence-corrected chi connectivity index (χ0v) is 9.84. The average molecular weight is 268 g/mol. The third-order valence-corrected chi connectivity index (χ3v) is 2.85. The molecular weight excluding hydrogens is 258 g/mol. The van der Waals surface area contributed by atoms with Crippen molar-refractivity contribution in [1.82, 2.24) is 0 Å². The number of benzene rings is 1. The van der Waals surface area contributed by atoms with E-state index in [1.54, 1.807) is 12.1 Å². The number of nitrogens with zero attached hydrogens (tertiary/aromatic N) is 1. The van der Waals surface area contributed by atoms with Crippen molar-refractivity contribution in [2.75, 3.05) is 0 Å². The number of carboxylic acid groups (broad SMARTS) is 1. The van der Waals surface area contributed by atoms with E-state index in [0.717, 1.165) is 16.5 Å². The maximum Gasteiger partial charge on any atom is 0.307 e. The Morgan fingerprint density at radius 2 is 2.20 bits per heavy atom. The molecule has 0 aliphatic rings. The fraction of sp³-hybridized carbons (Fsp3) is 0.273. The molecular formula is C11H10BrNO2. The van der Waals surface area contributed by atoms with Crippen molar-refractivity contribution in [3.05, 3.63) is 33.3 Å². The Morgan fingerprint density at radius 3 is 2.67 bits per heavy atom. The van der Waals surface area contributed by atoms with Crippen LogP contribution >= 0.6 is 15.9 Å². The van der Waals surface area contributed by atoms with Crippen molar-refractivity contribution >= 4 is 21.9 Å². The summed E-state index contributed by atoms with van der Waals surface area (Å²) in [6.07, 6.45) is 0.689. The maximum absolute atomic E-state index is 10.6. The summed E-state index contributed by atoms with van der Waals surface area (Å²) < 4.78 is 0.861. The molecule has 0 radical (unpaired) electrons. The quantitative estimate of drug-likeness (QED) is 0.916. The molecule has 1 N–H and O–H groups in total. The summed E-state index contributed by atoms with van der Waals surface area (Å²) in [5.74, 6) is -0.928. The van der Waals surface area contributed by atoms with Crippen LogP contribution in [0.25, 0.3) is 0 Å². The van der Waals surface area contributed by atoms with Gasteiger partial charge in [-0.25, -0.2) is 0 Å². The van der Waals surface area contributed by atoms with Crippen LogP contribution in [0.4, 0.5) is 0 Å². The van der Waals surface area contributed by atoms with Gasteiger partial charge in [-0.15, -0.1) is 0 Å². The van der Waals surface area contributed by atoms with Crippen LogP contribution in [-0.4, -0.2) is 11.1 Å². The third kappa shape index (κ3) is 2.80. The molecule has 3 nitrogen and oxygen atoms in total. The summed E-state index contributed by atoms with van der Waals surface area (Å²) in [5, 5.41) is 17.6. The standard InChI is InChI=1S/C11H10BrNO2/c1-2-7-3-9(6-13)8(4-10(7)12)5-11(14)15/h3-4H,2,5H2,1H3,(H,14,15). The lowest BCUT2D eigenvalue weighted by Gasteiger charge is -2.06. The van der Waals surface area contributed by atoms with Gasteiger partial charge in [-0.3, -0.25) is 4.79 Å². The lowest BCUT2D eigenvalue weighted by Crippen LogP contribution is -2.03. The van der Waals surface area contributed by atoms with Crippen molar-refractivity contribution in [3.63, 3.8) is 0 Å². The van der Waals surface area contributed by atoms with E-state index in [2.05, 4.69) is 15.9 Å². The lowest BCUT2D eigenvalue weighted by molar-refractivity contribution is -0.136. The molecule has 0 aliphatic heterocycles. The fourth-order valence-electron chi connectivity index (χ4n) is 1.34. The zero-order valence-electron chi connectivity index (χ0n) is 8.25. The first kappa shape index (κ1) is 11.7. The molecule has 0 saturated heterocycles. The first-order valence-electron chi connectivity index (χ1n) is 4.51. The molecule has 78 valence electrons. The van der Waals surface area contributed by atoms with E-state index in [9.17, 15) is 4.79 Å². The van der Waals surface area contributed by atoms with Gasteiger partial charge in [-0.1, -0.05) is 22.9 Å². The van der Waals surface area contributed by atoms with Crippen molar-refractivity contribution in [3.8, 4) is 6.07 Å². The third-order valence-electron chi connectivity index (χ3n) is 2.12. The molecule has 0 bridgehead atoms. The number of carbonyl (C=O) groups is 1. The van der Waals surface area contributed by atoms with Gasteiger partial charge in [0, 0.05) is 4.47 Å². The minimum absolute atomic E-state index is 0.120. The Hall–Kier alpha value is -1.34. The van der Waals surface area contributed by atoms with Crippen LogP contribution in [0.2, 0.25) is 0 Å². The predicted molar refractivity (Wildman–Crippen MR) is 59.6 cm³/mol. The number of carboxylic acids is 1. The smallest absolute Gasteiger partial charge is 0.307 e. The van der Waals surface area contributed by atoms with E-state index in [4.69, 9.17) is 10.4 Å². The van der Waals surface area contributed by atoms with Gasteiger partial charge in [0.25, 0.3) is 0 Å². The number of nitriles is 1. The Bertz CT molecular complexity index is 435. The molecule has 0 unspecified atom stereocenters. The van der Waals surface area contributed by atoms with Gasteiger partial charge in [0.1, 0.15) is 0 Å². The SMILES string of the molecule is CCc1cc(C#N)c(CC(=O)O)cc1Br. The van der Waals surface area contributed by atoms with E-state index in [0.29, 0.717) is 11.1 Å². The molecule has 0 aliphatic carbocycles.